The van der Waals surface area contributed by atoms with Crippen LogP contribution in [0.25, 0.3) is 0 Å². The Hall–Kier alpha value is -0.660. The number of aliphatic hydroxyl groups is 5. The molecule has 1 aliphatic rings. The first-order valence-electron chi connectivity index (χ1n) is 25.4. The lowest BCUT2D eigenvalue weighted by Crippen LogP contribution is -2.64. The van der Waals surface area contributed by atoms with Crippen molar-refractivity contribution in [1.82, 2.24) is 0 Å². The summed E-state index contributed by atoms with van der Waals surface area (Å²) < 4.78 is 34.3. The molecule has 0 aromatic rings. The fourth-order valence-electron chi connectivity index (χ4n) is 8.18. The Kier molecular flexibility index (Phi) is 38.0. The Bertz CT molecular complexity index is 1020. The number of esters is 1. The zero-order chi connectivity index (χ0) is 44.8. The normalized spacial score (nSPS) is 22.0. The first-order valence-corrected chi connectivity index (χ1v) is 26.9. The summed E-state index contributed by atoms with van der Waals surface area (Å²) in [6.07, 6.45) is 30.3. The van der Waals surface area contributed by atoms with Crippen LogP contribution in [0, 0.1) is 0 Å². The molecule has 0 spiro atoms. The maximum absolute atomic E-state index is 12.8. The second kappa shape index (κ2) is 39.7. The number of hydrogen-bond acceptors (Lipinski definition) is 11. The van der Waals surface area contributed by atoms with Crippen LogP contribution in [0.1, 0.15) is 239 Å². The van der Waals surface area contributed by atoms with Crippen LogP contribution in [0.15, 0.2) is 0 Å². The van der Waals surface area contributed by atoms with Gasteiger partial charge in [-0.05, 0) is 12.8 Å². The Balaban J connectivity index is 2.32. The molecule has 0 bridgehead atoms. The minimum absolute atomic E-state index is 0.0677. The smallest absolute Gasteiger partial charge is 0.457 e. The first-order chi connectivity index (χ1) is 29.5. The molecule has 61 heavy (non-hydrogen) atoms. The summed E-state index contributed by atoms with van der Waals surface area (Å²) >= 11 is 0. The zero-order valence-electron chi connectivity index (χ0n) is 39.0. The van der Waals surface area contributed by atoms with Crippen LogP contribution in [0.2, 0.25) is 0 Å². The highest BCUT2D eigenvalue weighted by Crippen LogP contribution is 2.47. The molecular weight excluding hydrogens is 799 g/mol. The standard InChI is InChI=1S/C48H95O12P/c1-3-5-7-9-11-13-15-17-19-20-21-22-23-24-25-27-29-31-33-35-37-42(49)59-41(39-57-38-36-34-32-30-28-26-18-16-14-12-10-8-6-4-2)40-58-61(55,56)60-48-46(53)44(51)43(50)45(52)47(48)54/h41,43-48,50-54H,3-40H2,1-2H3,(H,55,56). The van der Waals surface area contributed by atoms with Crippen molar-refractivity contribution in [3.05, 3.63) is 0 Å². The molecule has 0 radical (unpaired) electrons. The van der Waals surface area contributed by atoms with E-state index in [-0.39, 0.29) is 13.0 Å². The lowest BCUT2D eigenvalue weighted by atomic mass is 9.85. The number of phosphoric acid groups is 1. The van der Waals surface area contributed by atoms with Crippen molar-refractivity contribution in [1.29, 1.82) is 0 Å². The molecule has 1 saturated carbocycles. The number of rotatable bonds is 44. The van der Waals surface area contributed by atoms with E-state index in [2.05, 4.69) is 13.8 Å². The van der Waals surface area contributed by atoms with Gasteiger partial charge in [-0.15, -0.1) is 0 Å². The molecular formula is C48H95O12P. The van der Waals surface area contributed by atoms with Crippen molar-refractivity contribution in [3.63, 3.8) is 0 Å². The number of phosphoric ester groups is 1. The number of carbonyl (C=O) groups excluding carboxylic acids is 1. The molecule has 1 fully saturated rings. The number of aliphatic hydroxyl groups excluding tert-OH is 5. The van der Waals surface area contributed by atoms with Crippen LogP contribution in [0.5, 0.6) is 0 Å². The van der Waals surface area contributed by atoms with Gasteiger partial charge in [-0.3, -0.25) is 13.8 Å². The Morgan fingerprint density at radius 3 is 1.13 bits per heavy atom. The molecule has 1 rings (SSSR count). The highest BCUT2D eigenvalue weighted by molar-refractivity contribution is 7.47. The summed E-state index contributed by atoms with van der Waals surface area (Å²) in [4.78, 5) is 23.2. The molecule has 1 aliphatic carbocycles. The van der Waals surface area contributed by atoms with E-state index in [9.17, 15) is 39.8 Å². The van der Waals surface area contributed by atoms with Crippen molar-refractivity contribution in [2.24, 2.45) is 0 Å². The van der Waals surface area contributed by atoms with E-state index in [0.29, 0.717) is 13.0 Å². The second-order valence-electron chi connectivity index (χ2n) is 18.0. The Labute approximate surface area is 372 Å². The van der Waals surface area contributed by atoms with Crippen LogP contribution in [0.3, 0.4) is 0 Å². The molecule has 0 amide bonds. The summed E-state index contributed by atoms with van der Waals surface area (Å²) in [6.45, 7) is 4.31. The van der Waals surface area contributed by atoms with Crippen molar-refractivity contribution < 1.29 is 58.3 Å². The summed E-state index contributed by atoms with van der Waals surface area (Å²) in [5, 5.41) is 50.2. The summed E-state index contributed by atoms with van der Waals surface area (Å²) in [7, 11) is -5.01. The van der Waals surface area contributed by atoms with E-state index < -0.39 is 63.1 Å². The number of carbonyl (C=O) groups is 1. The second-order valence-corrected chi connectivity index (χ2v) is 19.4. The van der Waals surface area contributed by atoms with Crippen molar-refractivity contribution in [2.45, 2.75) is 281 Å². The van der Waals surface area contributed by atoms with Gasteiger partial charge in [0.05, 0.1) is 13.2 Å². The summed E-state index contributed by atoms with van der Waals surface area (Å²) in [6, 6.07) is 0. The van der Waals surface area contributed by atoms with E-state index in [0.717, 1.165) is 38.5 Å². The van der Waals surface area contributed by atoms with E-state index in [1.165, 1.54) is 173 Å². The van der Waals surface area contributed by atoms with Crippen molar-refractivity contribution in [3.8, 4) is 0 Å². The van der Waals surface area contributed by atoms with E-state index in [1.807, 2.05) is 0 Å². The molecule has 0 aromatic heterocycles. The van der Waals surface area contributed by atoms with Crippen LogP contribution >= 0.6 is 7.82 Å². The largest absolute Gasteiger partial charge is 0.472 e. The van der Waals surface area contributed by atoms with Gasteiger partial charge in [0, 0.05) is 13.0 Å². The molecule has 6 N–H and O–H groups in total. The predicted octanol–water partition coefficient (Wildman–Crippen LogP) is 10.9. The molecule has 364 valence electrons. The third-order valence-electron chi connectivity index (χ3n) is 12.2. The average molecular weight is 895 g/mol. The van der Waals surface area contributed by atoms with E-state index in [1.54, 1.807) is 0 Å². The lowest BCUT2D eigenvalue weighted by Gasteiger charge is -2.41. The van der Waals surface area contributed by atoms with Gasteiger partial charge in [-0.25, -0.2) is 4.57 Å². The maximum Gasteiger partial charge on any atom is 0.472 e. The van der Waals surface area contributed by atoms with Gasteiger partial charge < -0.3 is 39.9 Å². The van der Waals surface area contributed by atoms with E-state index in [4.69, 9.17) is 18.5 Å². The quantitative estimate of drug-likeness (QED) is 0.0193. The molecule has 6 unspecified atom stereocenters. The number of unbranched alkanes of at least 4 members (excludes halogenated alkanes) is 32. The zero-order valence-corrected chi connectivity index (χ0v) is 39.9. The van der Waals surface area contributed by atoms with Crippen LogP contribution in [0.4, 0.5) is 0 Å². The predicted molar refractivity (Wildman–Crippen MR) is 244 cm³/mol. The van der Waals surface area contributed by atoms with Gasteiger partial charge in [-0.1, -0.05) is 219 Å². The molecule has 13 heteroatoms. The first kappa shape index (κ1) is 58.4. The van der Waals surface area contributed by atoms with Crippen molar-refractivity contribution >= 4 is 13.8 Å². The van der Waals surface area contributed by atoms with Gasteiger partial charge >= 0.3 is 13.8 Å². The minimum atomic E-state index is -5.01. The number of hydrogen-bond donors (Lipinski definition) is 6. The highest BCUT2D eigenvalue weighted by atomic mass is 31.2. The molecule has 0 heterocycles. The van der Waals surface area contributed by atoms with E-state index >= 15 is 0 Å². The third kappa shape index (κ3) is 31.8. The van der Waals surface area contributed by atoms with Crippen LogP contribution in [-0.4, -0.2) is 98.9 Å². The SMILES string of the molecule is CCCCCCCCCCCCCCCCCCCCCCC(=O)OC(COCCCCCCCCCCCCCCCC)COP(=O)(O)OC1C(O)C(O)C(O)C(O)C1O. The third-order valence-corrected chi connectivity index (χ3v) is 13.2. The molecule has 0 saturated heterocycles. The fraction of sp³-hybridized carbons (Fsp3) is 0.979. The van der Waals surface area contributed by atoms with Crippen molar-refractivity contribution in [2.75, 3.05) is 19.8 Å². The molecule has 0 aromatic carbocycles. The fourth-order valence-corrected chi connectivity index (χ4v) is 9.15. The monoisotopic (exact) mass is 895 g/mol. The van der Waals surface area contributed by atoms with Gasteiger partial charge in [0.25, 0.3) is 0 Å². The Morgan fingerprint density at radius 1 is 0.459 bits per heavy atom. The van der Waals surface area contributed by atoms with Gasteiger partial charge in [0.15, 0.2) is 0 Å². The highest BCUT2D eigenvalue weighted by Gasteiger charge is 2.51. The average Bonchev–Trinajstić information content (AvgIpc) is 3.24. The van der Waals surface area contributed by atoms with Gasteiger partial charge in [-0.2, -0.15) is 0 Å². The van der Waals surface area contributed by atoms with Crippen LogP contribution in [-0.2, 0) is 27.9 Å². The topological polar surface area (TPSA) is 192 Å². The summed E-state index contributed by atoms with van der Waals surface area (Å²) in [5.41, 5.74) is 0. The Morgan fingerprint density at radius 2 is 0.770 bits per heavy atom. The molecule has 12 nitrogen and oxygen atoms in total. The molecule has 0 aliphatic heterocycles. The molecule has 6 atom stereocenters. The van der Waals surface area contributed by atoms with Crippen LogP contribution < -0.4 is 0 Å². The lowest BCUT2D eigenvalue weighted by molar-refractivity contribution is -0.220. The minimum Gasteiger partial charge on any atom is -0.457 e. The summed E-state index contributed by atoms with van der Waals surface area (Å²) in [5.74, 6) is -0.469. The van der Waals surface area contributed by atoms with Gasteiger partial charge in [0.2, 0.25) is 0 Å². The van der Waals surface area contributed by atoms with Gasteiger partial charge in [0.1, 0.15) is 42.7 Å². The maximum atomic E-state index is 12.8. The number of ether oxygens (including phenoxy) is 2.